The molecule has 0 saturated carbocycles. The molecule has 0 aromatic heterocycles. The van der Waals surface area contributed by atoms with Gasteiger partial charge in [0.1, 0.15) is 0 Å². The van der Waals surface area contributed by atoms with Crippen LogP contribution in [0, 0.1) is 6.92 Å². The monoisotopic (exact) mass is 353 g/mol. The second-order valence-corrected chi connectivity index (χ2v) is 7.53. The van der Waals surface area contributed by atoms with Crippen molar-refractivity contribution in [3.63, 3.8) is 0 Å². The number of anilines is 2. The summed E-state index contributed by atoms with van der Waals surface area (Å²) in [5.41, 5.74) is 5.32. The van der Waals surface area contributed by atoms with Gasteiger partial charge in [-0.2, -0.15) is 0 Å². The van der Waals surface area contributed by atoms with Crippen molar-refractivity contribution in [2.45, 2.75) is 25.4 Å². The normalized spacial score (nSPS) is 22.8. The molecule has 0 unspecified atom stereocenters. The van der Waals surface area contributed by atoms with Gasteiger partial charge in [0, 0.05) is 41.6 Å². The Morgan fingerprint density at radius 2 is 1.88 bits per heavy atom. The first-order valence-corrected chi connectivity index (χ1v) is 9.16. The lowest BCUT2D eigenvalue weighted by Gasteiger charge is -2.49. The van der Waals surface area contributed by atoms with Gasteiger partial charge < -0.3 is 20.1 Å². The van der Waals surface area contributed by atoms with Gasteiger partial charge in [-0.1, -0.05) is 18.2 Å². The molecule has 1 fully saturated rings. The zero-order chi connectivity index (χ0) is 18.4. The molecule has 0 spiro atoms. The van der Waals surface area contributed by atoms with Crippen molar-refractivity contribution in [2.75, 3.05) is 39.6 Å². The van der Waals surface area contributed by atoms with E-state index < -0.39 is 0 Å². The highest BCUT2D eigenvalue weighted by Crippen LogP contribution is 2.50. The lowest BCUT2D eigenvalue weighted by atomic mass is 9.82. The minimum atomic E-state index is 0.174. The predicted molar refractivity (Wildman–Crippen MR) is 105 cm³/mol. The summed E-state index contributed by atoms with van der Waals surface area (Å²) in [6.45, 7) is 3.97. The zero-order valence-corrected chi connectivity index (χ0v) is 15.9. The summed E-state index contributed by atoms with van der Waals surface area (Å²) >= 11 is 0. The quantitative estimate of drug-likeness (QED) is 0.829. The second-order valence-electron chi connectivity index (χ2n) is 7.53. The van der Waals surface area contributed by atoms with Crippen molar-refractivity contribution in [3.05, 3.63) is 47.0 Å². The molecule has 2 aliphatic heterocycles. The topological polar surface area (TPSA) is 48.0 Å². The SMILES string of the molecule is COc1c(C)c(Nc2ccccc2)c2c(c1O)[C@@H]1CN(C)C[C@H](C2)N1C. The summed E-state index contributed by atoms with van der Waals surface area (Å²) in [6, 6.07) is 10.8. The number of phenolic OH excluding ortho intramolecular Hbond substituents is 1. The van der Waals surface area contributed by atoms with E-state index in [1.807, 2.05) is 25.1 Å². The molecule has 26 heavy (non-hydrogen) atoms. The molecule has 138 valence electrons. The number of nitrogens with one attached hydrogen (secondary N) is 1. The average molecular weight is 353 g/mol. The highest BCUT2D eigenvalue weighted by molar-refractivity contribution is 5.76. The van der Waals surface area contributed by atoms with Gasteiger partial charge >= 0.3 is 0 Å². The van der Waals surface area contributed by atoms with Crippen molar-refractivity contribution in [1.29, 1.82) is 0 Å². The van der Waals surface area contributed by atoms with Crippen LogP contribution in [0.15, 0.2) is 30.3 Å². The summed E-state index contributed by atoms with van der Waals surface area (Å²) in [5, 5.41) is 14.6. The minimum absolute atomic E-state index is 0.174. The van der Waals surface area contributed by atoms with Gasteiger partial charge in [0.25, 0.3) is 0 Å². The number of aromatic hydroxyl groups is 1. The number of ether oxygens (including phenoxy) is 1. The van der Waals surface area contributed by atoms with E-state index in [-0.39, 0.29) is 6.04 Å². The smallest absolute Gasteiger partial charge is 0.165 e. The maximum atomic E-state index is 11.0. The maximum absolute atomic E-state index is 11.0. The molecule has 2 N–H and O–H groups in total. The number of hydrogen-bond acceptors (Lipinski definition) is 5. The Bertz CT molecular complexity index is 822. The molecule has 2 bridgehead atoms. The van der Waals surface area contributed by atoms with E-state index in [2.05, 4.69) is 41.3 Å². The molecule has 2 aliphatic rings. The number of phenols is 1. The first-order chi connectivity index (χ1) is 12.5. The number of fused-ring (bicyclic) bond motifs is 4. The third kappa shape index (κ3) is 2.63. The number of benzene rings is 2. The fourth-order valence-electron chi connectivity index (χ4n) is 4.55. The van der Waals surface area contributed by atoms with Crippen LogP contribution in [0.2, 0.25) is 0 Å². The van der Waals surface area contributed by atoms with E-state index >= 15 is 0 Å². The van der Waals surface area contributed by atoms with Crippen molar-refractivity contribution >= 4 is 11.4 Å². The van der Waals surface area contributed by atoms with E-state index in [0.717, 1.165) is 42.0 Å². The van der Waals surface area contributed by atoms with Gasteiger partial charge in [-0.3, -0.25) is 4.90 Å². The van der Waals surface area contributed by atoms with Gasteiger partial charge in [0.15, 0.2) is 11.5 Å². The molecule has 5 heteroatoms. The van der Waals surface area contributed by atoms with Crippen LogP contribution in [0.5, 0.6) is 11.5 Å². The standard InChI is InChI=1S/C21H27N3O2/c1-13-19(22-14-8-6-5-7-9-14)16-10-15-11-23(2)12-17(24(15)3)18(16)20(25)21(13)26-4/h5-9,15,17,22,25H,10-12H2,1-4H3/t15-,17-/m0/s1. The Morgan fingerprint density at radius 3 is 2.58 bits per heavy atom. The summed E-state index contributed by atoms with van der Waals surface area (Å²) in [5.74, 6) is 0.867. The van der Waals surface area contributed by atoms with Crippen LogP contribution in [0.1, 0.15) is 22.7 Å². The third-order valence-corrected chi connectivity index (χ3v) is 5.91. The number of rotatable bonds is 3. The number of nitrogens with zero attached hydrogens (tertiary/aromatic N) is 2. The van der Waals surface area contributed by atoms with Gasteiger partial charge in [-0.25, -0.2) is 0 Å². The summed E-state index contributed by atoms with van der Waals surface area (Å²) in [6.07, 6.45) is 0.917. The Balaban J connectivity index is 1.90. The van der Waals surface area contributed by atoms with Crippen LogP contribution in [-0.2, 0) is 6.42 Å². The molecule has 2 heterocycles. The number of hydrogen-bond donors (Lipinski definition) is 2. The van der Waals surface area contributed by atoms with E-state index in [0.29, 0.717) is 17.5 Å². The number of likely N-dealkylation sites (N-methyl/N-ethyl adjacent to an activating group) is 2. The van der Waals surface area contributed by atoms with E-state index in [1.54, 1.807) is 7.11 Å². The van der Waals surface area contributed by atoms with Gasteiger partial charge in [-0.15, -0.1) is 0 Å². The molecular weight excluding hydrogens is 326 g/mol. The lowest BCUT2D eigenvalue weighted by molar-refractivity contribution is 0.0446. The lowest BCUT2D eigenvalue weighted by Crippen LogP contribution is -2.55. The molecule has 1 saturated heterocycles. The second kappa shape index (κ2) is 6.49. The Hall–Kier alpha value is -2.24. The number of piperazine rings is 1. The molecule has 0 radical (unpaired) electrons. The summed E-state index contributed by atoms with van der Waals surface area (Å²) in [7, 11) is 5.95. The van der Waals surface area contributed by atoms with Crippen molar-refractivity contribution in [3.8, 4) is 11.5 Å². The number of para-hydroxylation sites is 1. The Morgan fingerprint density at radius 1 is 1.15 bits per heavy atom. The molecule has 2 aromatic carbocycles. The largest absolute Gasteiger partial charge is 0.504 e. The van der Waals surface area contributed by atoms with Crippen molar-refractivity contribution in [1.82, 2.24) is 9.80 Å². The van der Waals surface area contributed by atoms with Gasteiger partial charge in [0.2, 0.25) is 0 Å². The van der Waals surface area contributed by atoms with E-state index in [4.69, 9.17) is 4.74 Å². The van der Waals surface area contributed by atoms with E-state index in [1.165, 1.54) is 5.56 Å². The zero-order valence-electron chi connectivity index (χ0n) is 15.9. The minimum Gasteiger partial charge on any atom is -0.504 e. The highest BCUT2D eigenvalue weighted by Gasteiger charge is 2.41. The molecule has 4 rings (SSSR count). The Kier molecular flexibility index (Phi) is 4.29. The fraction of sp³-hybridized carbons (Fsp3) is 0.429. The fourth-order valence-corrected chi connectivity index (χ4v) is 4.55. The van der Waals surface area contributed by atoms with Crippen LogP contribution in [0.3, 0.4) is 0 Å². The van der Waals surface area contributed by atoms with Crippen molar-refractivity contribution < 1.29 is 9.84 Å². The average Bonchev–Trinajstić information content (AvgIpc) is 2.61. The van der Waals surface area contributed by atoms with Crippen LogP contribution in [-0.4, -0.2) is 55.2 Å². The molecule has 2 aromatic rings. The van der Waals surface area contributed by atoms with E-state index in [9.17, 15) is 5.11 Å². The predicted octanol–water partition coefficient (Wildman–Crippen LogP) is 3.30. The van der Waals surface area contributed by atoms with Crippen LogP contribution < -0.4 is 10.1 Å². The molecule has 0 aliphatic carbocycles. The van der Waals surface area contributed by atoms with Crippen molar-refractivity contribution in [2.24, 2.45) is 0 Å². The molecule has 0 amide bonds. The maximum Gasteiger partial charge on any atom is 0.165 e. The molecule has 5 nitrogen and oxygen atoms in total. The van der Waals surface area contributed by atoms with Crippen LogP contribution in [0.4, 0.5) is 11.4 Å². The molecular formula is C21H27N3O2. The first-order valence-electron chi connectivity index (χ1n) is 9.16. The summed E-state index contributed by atoms with van der Waals surface area (Å²) in [4.78, 5) is 4.76. The first kappa shape index (κ1) is 17.2. The molecule has 2 atom stereocenters. The van der Waals surface area contributed by atoms with Gasteiger partial charge in [-0.05, 0) is 45.1 Å². The Labute approximate surface area is 155 Å². The summed E-state index contributed by atoms with van der Waals surface area (Å²) < 4.78 is 5.60. The van der Waals surface area contributed by atoms with Crippen LogP contribution >= 0.6 is 0 Å². The van der Waals surface area contributed by atoms with Crippen LogP contribution in [0.25, 0.3) is 0 Å². The third-order valence-electron chi connectivity index (χ3n) is 5.91. The van der Waals surface area contributed by atoms with Gasteiger partial charge in [0.05, 0.1) is 13.2 Å². The highest BCUT2D eigenvalue weighted by atomic mass is 16.5. The number of methoxy groups -OCH3 is 1.